The van der Waals surface area contributed by atoms with Crippen LogP contribution in [0.4, 0.5) is 5.69 Å². The summed E-state index contributed by atoms with van der Waals surface area (Å²) in [5.41, 5.74) is 2.21. The molecule has 0 radical (unpaired) electrons. The van der Waals surface area contributed by atoms with Crippen LogP contribution in [0.5, 0.6) is 17.2 Å². The minimum atomic E-state index is -0.278. The second-order valence-corrected chi connectivity index (χ2v) is 8.65. The first-order valence-electron chi connectivity index (χ1n) is 11.0. The highest BCUT2D eigenvalue weighted by Crippen LogP contribution is 2.29. The predicted molar refractivity (Wildman–Crippen MR) is 137 cm³/mol. The largest absolute Gasteiger partial charge is 0.497 e. The number of methoxy groups -OCH3 is 1. The lowest BCUT2D eigenvalue weighted by Crippen LogP contribution is -2.35. The predicted octanol–water partition coefficient (Wildman–Crippen LogP) is 5.25. The number of anilines is 1. The number of hydrogen-bond acceptors (Lipinski definition) is 6. The summed E-state index contributed by atoms with van der Waals surface area (Å²) in [4.78, 5) is 31.0. The number of thiazole rings is 1. The number of nitrogens with zero attached hydrogens (tertiary/aromatic N) is 2. The van der Waals surface area contributed by atoms with Crippen molar-refractivity contribution in [3.05, 3.63) is 89.9 Å². The summed E-state index contributed by atoms with van der Waals surface area (Å²) in [6.07, 6.45) is 0.114. The number of benzene rings is 3. The first-order valence-corrected chi connectivity index (χ1v) is 11.8. The average Bonchev–Trinajstić information content (AvgIpc) is 3.34. The molecule has 0 aliphatic carbocycles. The van der Waals surface area contributed by atoms with Gasteiger partial charge in [-0.25, -0.2) is 4.98 Å². The Labute approximate surface area is 208 Å². The quantitative estimate of drug-likeness (QED) is 0.349. The summed E-state index contributed by atoms with van der Waals surface area (Å²) < 4.78 is 11.0. The number of hydrogen-bond donors (Lipinski definition) is 1. The molecule has 0 spiro atoms. The molecule has 1 N–H and O–H groups in total. The van der Waals surface area contributed by atoms with Crippen LogP contribution in [-0.2, 0) is 16.0 Å². The molecule has 0 saturated heterocycles. The van der Waals surface area contributed by atoms with E-state index < -0.39 is 0 Å². The fourth-order valence-electron chi connectivity index (χ4n) is 3.31. The van der Waals surface area contributed by atoms with E-state index in [-0.39, 0.29) is 24.8 Å². The molecule has 0 unspecified atom stereocenters. The highest BCUT2D eigenvalue weighted by molar-refractivity contribution is 7.13. The number of nitrogens with one attached hydrogen (secondary N) is 1. The molecular formula is C27H25N3O4S. The van der Waals surface area contributed by atoms with Crippen LogP contribution in [0, 0.1) is 0 Å². The van der Waals surface area contributed by atoms with E-state index in [1.807, 2.05) is 60.0 Å². The van der Waals surface area contributed by atoms with Crippen molar-refractivity contribution in [2.75, 3.05) is 26.0 Å². The Balaban J connectivity index is 1.32. The molecule has 0 aliphatic heterocycles. The van der Waals surface area contributed by atoms with Gasteiger partial charge >= 0.3 is 0 Å². The van der Waals surface area contributed by atoms with Crippen molar-refractivity contribution in [2.24, 2.45) is 0 Å². The van der Waals surface area contributed by atoms with E-state index in [1.165, 1.54) is 16.2 Å². The Bertz CT molecular complexity index is 1290. The van der Waals surface area contributed by atoms with Gasteiger partial charge in [0.05, 0.1) is 25.8 Å². The van der Waals surface area contributed by atoms with Crippen molar-refractivity contribution >= 4 is 28.8 Å². The number of aromatic nitrogens is 1. The molecule has 35 heavy (non-hydrogen) atoms. The molecule has 0 fully saturated rings. The van der Waals surface area contributed by atoms with Gasteiger partial charge < -0.3 is 19.7 Å². The number of carbonyl (C=O) groups is 2. The topological polar surface area (TPSA) is 80.8 Å². The molecule has 178 valence electrons. The maximum atomic E-state index is 12.7. The SMILES string of the molecule is COc1ccc(NC(=O)CN(C)C(=O)Cc2csc(-c3cccc(Oc4ccccc4)c3)n2)cc1. The van der Waals surface area contributed by atoms with E-state index in [9.17, 15) is 9.59 Å². The number of rotatable bonds is 9. The molecule has 1 aromatic heterocycles. The van der Waals surface area contributed by atoms with Crippen molar-refractivity contribution in [3.8, 4) is 27.8 Å². The number of amides is 2. The molecule has 7 nitrogen and oxygen atoms in total. The molecule has 0 bridgehead atoms. The number of para-hydroxylation sites is 1. The maximum absolute atomic E-state index is 12.7. The van der Waals surface area contributed by atoms with Gasteiger partial charge in [-0.3, -0.25) is 9.59 Å². The third-order valence-electron chi connectivity index (χ3n) is 5.12. The molecule has 0 aliphatic rings. The van der Waals surface area contributed by atoms with Gasteiger partial charge in [-0.1, -0.05) is 30.3 Å². The summed E-state index contributed by atoms with van der Waals surface area (Å²) in [5.74, 6) is 1.71. The molecule has 0 atom stereocenters. The molecule has 4 aromatic rings. The van der Waals surface area contributed by atoms with Gasteiger partial charge in [0.15, 0.2) is 0 Å². The van der Waals surface area contributed by atoms with E-state index in [0.717, 1.165) is 16.3 Å². The summed E-state index contributed by atoms with van der Waals surface area (Å²) in [6, 6.07) is 24.3. The highest BCUT2D eigenvalue weighted by Gasteiger charge is 2.16. The molecule has 0 saturated carbocycles. The summed E-state index contributed by atoms with van der Waals surface area (Å²) in [5, 5.41) is 5.44. The number of ether oxygens (including phenoxy) is 2. The van der Waals surface area contributed by atoms with Gasteiger partial charge in [0.1, 0.15) is 22.3 Å². The summed E-state index contributed by atoms with van der Waals surface area (Å²) in [6.45, 7) is -0.0548. The standard InChI is InChI=1S/C27H25N3O4S/c1-30(17-25(31)28-20-11-13-22(33-2)14-12-20)26(32)16-21-18-35-27(29-21)19-7-6-10-24(15-19)34-23-8-4-3-5-9-23/h3-15,18H,16-17H2,1-2H3,(H,28,31). The van der Waals surface area contributed by atoms with Gasteiger partial charge in [0.25, 0.3) is 0 Å². The number of likely N-dealkylation sites (N-methyl/N-ethyl adjacent to an activating group) is 1. The van der Waals surface area contributed by atoms with Crippen molar-refractivity contribution in [1.82, 2.24) is 9.88 Å². The van der Waals surface area contributed by atoms with Crippen LogP contribution in [0.1, 0.15) is 5.69 Å². The van der Waals surface area contributed by atoms with Crippen molar-refractivity contribution in [1.29, 1.82) is 0 Å². The van der Waals surface area contributed by atoms with Crippen molar-refractivity contribution < 1.29 is 19.1 Å². The van der Waals surface area contributed by atoms with E-state index in [4.69, 9.17) is 9.47 Å². The first-order chi connectivity index (χ1) is 17.0. The monoisotopic (exact) mass is 487 g/mol. The zero-order valence-electron chi connectivity index (χ0n) is 19.4. The van der Waals surface area contributed by atoms with Gasteiger partial charge in [-0.2, -0.15) is 0 Å². The lowest BCUT2D eigenvalue weighted by Gasteiger charge is -2.16. The minimum absolute atomic E-state index is 0.0548. The Morgan fingerprint density at radius 3 is 2.43 bits per heavy atom. The van der Waals surface area contributed by atoms with Crippen LogP contribution in [-0.4, -0.2) is 42.4 Å². The van der Waals surface area contributed by atoms with E-state index >= 15 is 0 Å². The second kappa shape index (κ2) is 11.3. The van der Waals surface area contributed by atoms with Crippen LogP contribution in [0.25, 0.3) is 10.6 Å². The lowest BCUT2D eigenvalue weighted by atomic mass is 10.2. The normalized spacial score (nSPS) is 10.5. The zero-order chi connectivity index (χ0) is 24.6. The second-order valence-electron chi connectivity index (χ2n) is 7.79. The Morgan fingerprint density at radius 2 is 1.69 bits per heavy atom. The molecule has 1 heterocycles. The van der Waals surface area contributed by atoms with Crippen LogP contribution in [0.3, 0.4) is 0 Å². The van der Waals surface area contributed by atoms with Gasteiger partial charge in [0, 0.05) is 23.7 Å². The van der Waals surface area contributed by atoms with Crippen molar-refractivity contribution in [2.45, 2.75) is 6.42 Å². The summed E-state index contributed by atoms with van der Waals surface area (Å²) >= 11 is 1.46. The van der Waals surface area contributed by atoms with E-state index in [0.29, 0.717) is 22.9 Å². The Hall–Kier alpha value is -4.17. The van der Waals surface area contributed by atoms with Crippen LogP contribution in [0.15, 0.2) is 84.2 Å². The highest BCUT2D eigenvalue weighted by atomic mass is 32.1. The van der Waals surface area contributed by atoms with E-state index in [1.54, 1.807) is 38.4 Å². The molecule has 4 rings (SSSR count). The Morgan fingerprint density at radius 1 is 0.943 bits per heavy atom. The Kier molecular flexibility index (Phi) is 7.74. The van der Waals surface area contributed by atoms with Crippen molar-refractivity contribution in [3.63, 3.8) is 0 Å². The zero-order valence-corrected chi connectivity index (χ0v) is 20.2. The summed E-state index contributed by atoms with van der Waals surface area (Å²) in [7, 11) is 3.19. The van der Waals surface area contributed by atoms with E-state index in [2.05, 4.69) is 10.3 Å². The van der Waals surface area contributed by atoms with Gasteiger partial charge in [-0.05, 0) is 48.5 Å². The molecule has 8 heteroatoms. The van der Waals surface area contributed by atoms with Gasteiger partial charge in [-0.15, -0.1) is 11.3 Å². The third kappa shape index (κ3) is 6.68. The molecule has 3 aromatic carbocycles. The first kappa shape index (κ1) is 24.0. The molecular weight excluding hydrogens is 462 g/mol. The van der Waals surface area contributed by atoms with Crippen LogP contribution >= 0.6 is 11.3 Å². The molecule has 2 amide bonds. The average molecular weight is 488 g/mol. The smallest absolute Gasteiger partial charge is 0.243 e. The minimum Gasteiger partial charge on any atom is -0.497 e. The lowest BCUT2D eigenvalue weighted by molar-refractivity contribution is -0.132. The van der Waals surface area contributed by atoms with Crippen LogP contribution in [0.2, 0.25) is 0 Å². The fraction of sp³-hybridized carbons (Fsp3) is 0.148. The maximum Gasteiger partial charge on any atom is 0.243 e. The van der Waals surface area contributed by atoms with Gasteiger partial charge in [0.2, 0.25) is 11.8 Å². The fourth-order valence-corrected chi connectivity index (χ4v) is 4.12. The third-order valence-corrected chi connectivity index (χ3v) is 6.06. The number of carbonyl (C=O) groups excluding carboxylic acids is 2. The van der Waals surface area contributed by atoms with Crippen LogP contribution < -0.4 is 14.8 Å².